The molecular formula is C13H9N3O2. The highest BCUT2D eigenvalue weighted by molar-refractivity contribution is 5.73. The van der Waals surface area contributed by atoms with Gasteiger partial charge in [0.2, 0.25) is 0 Å². The van der Waals surface area contributed by atoms with Gasteiger partial charge in [0.1, 0.15) is 0 Å². The lowest BCUT2D eigenvalue weighted by Crippen LogP contribution is -1.97. The normalized spacial score (nSPS) is 12.4. The van der Waals surface area contributed by atoms with Crippen LogP contribution < -0.4 is 5.76 Å². The number of rotatable bonds is 2. The monoisotopic (exact) mass is 239 g/mol. The molecule has 0 spiro atoms. The molecule has 1 unspecified atom stereocenters. The number of hydrogen-bond acceptors (Lipinski definition) is 3. The number of nitriles is 1. The van der Waals surface area contributed by atoms with E-state index < -0.39 is 5.76 Å². The molecule has 2 N–H and O–H groups in total. The summed E-state index contributed by atoms with van der Waals surface area (Å²) in [5, 5.41) is 9.27. The molecule has 0 aliphatic heterocycles. The molecule has 0 fully saturated rings. The molecule has 0 amide bonds. The molecule has 3 aromatic rings. The lowest BCUT2D eigenvalue weighted by molar-refractivity contribution is 0.555. The highest BCUT2D eigenvalue weighted by atomic mass is 16.4. The number of nitrogens with one attached hydrogen (secondary N) is 2. The van der Waals surface area contributed by atoms with Crippen molar-refractivity contribution >= 4 is 11.1 Å². The maximum absolute atomic E-state index is 11.1. The quantitative estimate of drug-likeness (QED) is 0.718. The molecule has 0 radical (unpaired) electrons. The van der Waals surface area contributed by atoms with Crippen LogP contribution in [-0.2, 0) is 0 Å². The third kappa shape index (κ3) is 1.60. The van der Waals surface area contributed by atoms with E-state index in [1.807, 2.05) is 6.07 Å². The number of aromatic nitrogens is 2. The van der Waals surface area contributed by atoms with Gasteiger partial charge in [-0.1, -0.05) is 6.07 Å². The lowest BCUT2D eigenvalue weighted by Gasteiger charge is -2.06. The molecule has 0 aliphatic rings. The van der Waals surface area contributed by atoms with Crippen molar-refractivity contribution in [3.63, 3.8) is 0 Å². The number of aromatic amines is 2. The van der Waals surface area contributed by atoms with Crippen molar-refractivity contribution in [1.29, 1.82) is 5.26 Å². The first-order valence-electron chi connectivity index (χ1n) is 5.43. The number of nitrogens with zero attached hydrogens (tertiary/aromatic N) is 1. The summed E-state index contributed by atoms with van der Waals surface area (Å²) >= 11 is 0. The second-order valence-corrected chi connectivity index (χ2v) is 3.98. The van der Waals surface area contributed by atoms with Crippen molar-refractivity contribution in [2.24, 2.45) is 0 Å². The van der Waals surface area contributed by atoms with E-state index in [1.54, 1.807) is 30.6 Å². The van der Waals surface area contributed by atoms with Crippen molar-refractivity contribution < 1.29 is 4.42 Å². The van der Waals surface area contributed by atoms with Crippen LogP contribution in [0, 0.1) is 11.3 Å². The maximum atomic E-state index is 11.1. The maximum Gasteiger partial charge on any atom is 0.417 e. The van der Waals surface area contributed by atoms with Crippen LogP contribution in [0.5, 0.6) is 0 Å². The lowest BCUT2D eigenvalue weighted by atomic mass is 9.94. The minimum absolute atomic E-state index is 0.362. The van der Waals surface area contributed by atoms with E-state index in [1.165, 1.54) is 0 Å². The Hall–Kier alpha value is -2.74. The first kappa shape index (κ1) is 10.4. The third-order valence-electron chi connectivity index (χ3n) is 2.86. The van der Waals surface area contributed by atoms with Crippen molar-refractivity contribution in [1.82, 2.24) is 9.97 Å². The van der Waals surface area contributed by atoms with E-state index in [2.05, 4.69) is 16.0 Å². The minimum atomic E-state index is -0.489. The number of H-pyrrole nitrogens is 2. The molecule has 0 aliphatic carbocycles. The molecule has 0 saturated heterocycles. The Morgan fingerprint density at radius 1 is 1.28 bits per heavy atom. The van der Waals surface area contributed by atoms with E-state index in [4.69, 9.17) is 4.42 Å². The van der Waals surface area contributed by atoms with Gasteiger partial charge in [-0.25, -0.2) is 4.79 Å². The summed E-state index contributed by atoms with van der Waals surface area (Å²) in [6, 6.07) is 9.36. The van der Waals surface area contributed by atoms with Crippen LogP contribution in [0.1, 0.15) is 17.0 Å². The summed E-state index contributed by atoms with van der Waals surface area (Å²) in [5.74, 6) is -0.851. The van der Waals surface area contributed by atoms with Crippen LogP contribution >= 0.6 is 0 Å². The zero-order valence-corrected chi connectivity index (χ0v) is 9.31. The highest BCUT2D eigenvalue weighted by Gasteiger charge is 2.15. The molecule has 88 valence electrons. The van der Waals surface area contributed by atoms with Gasteiger partial charge < -0.3 is 9.40 Å². The van der Waals surface area contributed by atoms with Crippen molar-refractivity contribution in [2.45, 2.75) is 5.92 Å². The predicted octanol–water partition coefficient (Wildman–Crippen LogP) is 2.10. The van der Waals surface area contributed by atoms with Crippen LogP contribution in [-0.4, -0.2) is 9.97 Å². The molecular weight excluding hydrogens is 230 g/mol. The van der Waals surface area contributed by atoms with Crippen LogP contribution in [0.3, 0.4) is 0 Å². The van der Waals surface area contributed by atoms with Gasteiger partial charge in [0.05, 0.1) is 17.5 Å². The molecule has 5 nitrogen and oxygen atoms in total. The summed E-state index contributed by atoms with van der Waals surface area (Å²) in [5.41, 5.74) is 2.81. The van der Waals surface area contributed by atoms with Gasteiger partial charge in [-0.15, -0.1) is 0 Å². The van der Waals surface area contributed by atoms with Crippen molar-refractivity contribution in [2.75, 3.05) is 0 Å². The van der Waals surface area contributed by atoms with Gasteiger partial charge >= 0.3 is 5.76 Å². The summed E-state index contributed by atoms with van der Waals surface area (Å²) in [4.78, 5) is 16.6. The summed E-state index contributed by atoms with van der Waals surface area (Å²) in [7, 11) is 0. The first-order valence-corrected chi connectivity index (χ1v) is 5.43. The average Bonchev–Trinajstić information content (AvgIpc) is 2.97. The topological polar surface area (TPSA) is 85.6 Å². The van der Waals surface area contributed by atoms with E-state index in [0.29, 0.717) is 11.1 Å². The molecule has 2 aromatic heterocycles. The van der Waals surface area contributed by atoms with Gasteiger partial charge in [0, 0.05) is 12.4 Å². The van der Waals surface area contributed by atoms with Crippen LogP contribution in [0.2, 0.25) is 0 Å². The second-order valence-electron chi connectivity index (χ2n) is 3.98. The zero-order chi connectivity index (χ0) is 12.5. The molecule has 0 bridgehead atoms. The van der Waals surface area contributed by atoms with Crippen molar-refractivity contribution in [3.8, 4) is 6.07 Å². The van der Waals surface area contributed by atoms with E-state index >= 15 is 0 Å². The van der Waals surface area contributed by atoms with Gasteiger partial charge in [-0.2, -0.15) is 5.26 Å². The Labute approximate surface area is 102 Å². The van der Waals surface area contributed by atoms with E-state index in [9.17, 15) is 10.1 Å². The molecule has 1 aromatic carbocycles. The predicted molar refractivity (Wildman–Crippen MR) is 65.1 cm³/mol. The largest absolute Gasteiger partial charge is 0.417 e. The number of oxazole rings is 1. The SMILES string of the molecule is N#CC(c1cc[nH]c1)c1ccc2oc(=O)[nH]c2c1. The Balaban J connectivity index is 2.13. The van der Waals surface area contributed by atoms with E-state index in [0.717, 1.165) is 11.1 Å². The summed E-state index contributed by atoms with van der Waals surface area (Å²) in [6.07, 6.45) is 3.56. The molecule has 0 saturated carbocycles. The number of benzene rings is 1. The third-order valence-corrected chi connectivity index (χ3v) is 2.86. The van der Waals surface area contributed by atoms with Crippen LogP contribution in [0.15, 0.2) is 45.9 Å². The first-order chi connectivity index (χ1) is 8.78. The fourth-order valence-electron chi connectivity index (χ4n) is 2.01. The second kappa shape index (κ2) is 3.93. The number of fused-ring (bicyclic) bond motifs is 1. The smallest absolute Gasteiger partial charge is 0.408 e. The fourth-order valence-corrected chi connectivity index (χ4v) is 2.01. The highest BCUT2D eigenvalue weighted by Crippen LogP contribution is 2.25. The van der Waals surface area contributed by atoms with E-state index in [-0.39, 0.29) is 5.92 Å². The molecule has 3 rings (SSSR count). The summed E-state index contributed by atoms with van der Waals surface area (Å²) in [6.45, 7) is 0. The van der Waals surface area contributed by atoms with Gasteiger partial charge in [0.25, 0.3) is 0 Å². The molecule has 1 atom stereocenters. The van der Waals surface area contributed by atoms with Gasteiger partial charge in [-0.3, -0.25) is 4.98 Å². The van der Waals surface area contributed by atoms with Gasteiger partial charge in [0.15, 0.2) is 5.58 Å². The van der Waals surface area contributed by atoms with Crippen LogP contribution in [0.4, 0.5) is 0 Å². The minimum Gasteiger partial charge on any atom is -0.408 e. The zero-order valence-electron chi connectivity index (χ0n) is 9.31. The van der Waals surface area contributed by atoms with Crippen LogP contribution in [0.25, 0.3) is 11.1 Å². The molecule has 18 heavy (non-hydrogen) atoms. The summed E-state index contributed by atoms with van der Waals surface area (Å²) < 4.78 is 4.93. The fraction of sp³-hybridized carbons (Fsp3) is 0.0769. The Kier molecular flexibility index (Phi) is 2.27. The average molecular weight is 239 g/mol. The standard InChI is InChI=1S/C13H9N3O2/c14-6-10(9-3-4-15-7-9)8-1-2-12-11(5-8)16-13(17)18-12/h1-5,7,10,15H,(H,16,17). The molecule has 5 heteroatoms. The molecule has 2 heterocycles. The Morgan fingerprint density at radius 3 is 2.89 bits per heavy atom. The Bertz CT molecular complexity index is 775. The van der Waals surface area contributed by atoms with Gasteiger partial charge in [-0.05, 0) is 29.3 Å². The van der Waals surface area contributed by atoms with Crippen molar-refractivity contribution in [3.05, 3.63) is 58.3 Å². The number of hydrogen-bond donors (Lipinski definition) is 2. The Morgan fingerprint density at radius 2 is 2.17 bits per heavy atom.